The van der Waals surface area contributed by atoms with Gasteiger partial charge in [-0.05, 0) is 31.2 Å². The number of nitrogens with zero attached hydrogens (tertiary/aromatic N) is 4. The minimum atomic E-state index is 0.0323. The monoisotopic (exact) mass is 253 g/mol. The highest BCUT2D eigenvalue weighted by atomic mass is 16.1. The van der Waals surface area contributed by atoms with Crippen LogP contribution < -0.4 is 5.73 Å². The molecule has 0 aliphatic rings. The Morgan fingerprint density at radius 3 is 2.58 bits per heavy atom. The highest BCUT2D eigenvalue weighted by Gasteiger charge is 2.09. The molecule has 0 aliphatic carbocycles. The molecule has 0 fully saturated rings. The van der Waals surface area contributed by atoms with E-state index in [0.717, 1.165) is 5.69 Å². The lowest BCUT2D eigenvalue weighted by Gasteiger charge is -2.05. The number of imidazole rings is 1. The second-order valence-corrected chi connectivity index (χ2v) is 4.15. The molecule has 0 spiro atoms. The van der Waals surface area contributed by atoms with Gasteiger partial charge in [0.05, 0.1) is 0 Å². The zero-order valence-electron chi connectivity index (χ0n) is 10.2. The summed E-state index contributed by atoms with van der Waals surface area (Å²) >= 11 is 0. The van der Waals surface area contributed by atoms with Crippen molar-refractivity contribution in [3.05, 3.63) is 42.5 Å². The summed E-state index contributed by atoms with van der Waals surface area (Å²) in [5.41, 5.74) is 8.58. The van der Waals surface area contributed by atoms with E-state index in [1.807, 2.05) is 12.1 Å². The molecule has 0 saturated carbocycles. The average molecular weight is 253 g/mol. The second kappa shape index (κ2) is 4.16. The molecule has 2 N–H and O–H groups in total. The van der Waals surface area contributed by atoms with Gasteiger partial charge in [0.1, 0.15) is 18.2 Å². The van der Waals surface area contributed by atoms with E-state index in [2.05, 4.69) is 15.0 Å². The first kappa shape index (κ1) is 11.3. The van der Waals surface area contributed by atoms with E-state index in [1.54, 1.807) is 23.0 Å². The summed E-state index contributed by atoms with van der Waals surface area (Å²) in [5.74, 6) is 0.406. The van der Waals surface area contributed by atoms with Crippen LogP contribution in [0.25, 0.3) is 16.9 Å². The normalized spacial score (nSPS) is 10.8. The van der Waals surface area contributed by atoms with Crippen molar-refractivity contribution in [3.63, 3.8) is 0 Å². The van der Waals surface area contributed by atoms with Crippen LogP contribution in [0, 0.1) is 0 Å². The Labute approximate surface area is 108 Å². The van der Waals surface area contributed by atoms with Gasteiger partial charge < -0.3 is 5.73 Å². The lowest BCUT2D eigenvalue weighted by molar-refractivity contribution is 0.101. The van der Waals surface area contributed by atoms with E-state index in [0.29, 0.717) is 22.5 Å². The van der Waals surface area contributed by atoms with Gasteiger partial charge in [0.2, 0.25) is 0 Å². The van der Waals surface area contributed by atoms with Gasteiger partial charge in [0.15, 0.2) is 17.2 Å². The van der Waals surface area contributed by atoms with Crippen LogP contribution in [0.1, 0.15) is 17.3 Å². The van der Waals surface area contributed by atoms with Gasteiger partial charge in [-0.1, -0.05) is 0 Å². The van der Waals surface area contributed by atoms with Gasteiger partial charge in [-0.2, -0.15) is 0 Å². The molecule has 3 rings (SSSR count). The number of hydrogen-bond acceptors (Lipinski definition) is 5. The van der Waals surface area contributed by atoms with E-state index in [4.69, 9.17) is 5.73 Å². The van der Waals surface area contributed by atoms with Gasteiger partial charge >= 0.3 is 0 Å². The summed E-state index contributed by atoms with van der Waals surface area (Å²) in [6.07, 6.45) is 3.02. The third-order valence-electron chi connectivity index (χ3n) is 2.92. The highest BCUT2D eigenvalue weighted by Crippen LogP contribution is 2.20. The maximum absolute atomic E-state index is 11.3. The molecule has 0 saturated heterocycles. The fourth-order valence-corrected chi connectivity index (χ4v) is 1.93. The van der Waals surface area contributed by atoms with Crippen LogP contribution in [0.15, 0.2) is 36.9 Å². The van der Waals surface area contributed by atoms with Crippen LogP contribution in [-0.2, 0) is 0 Å². The first-order valence-electron chi connectivity index (χ1n) is 5.71. The van der Waals surface area contributed by atoms with Gasteiger partial charge in [0.25, 0.3) is 0 Å². The Hall–Kier alpha value is -2.76. The number of rotatable bonds is 2. The third kappa shape index (κ3) is 1.83. The molecule has 0 unspecified atom stereocenters. The summed E-state index contributed by atoms with van der Waals surface area (Å²) in [5, 5.41) is 0. The third-order valence-corrected chi connectivity index (χ3v) is 2.92. The number of Topliss-reactive ketones (excluding diaryl/α,β-unsaturated/α-hetero) is 1. The topological polar surface area (TPSA) is 86.7 Å². The zero-order chi connectivity index (χ0) is 13.4. The van der Waals surface area contributed by atoms with Gasteiger partial charge in [-0.25, -0.2) is 15.0 Å². The number of nitrogen functional groups attached to an aromatic ring is 1. The molecular formula is C13H11N5O. The van der Waals surface area contributed by atoms with Crippen molar-refractivity contribution in [2.24, 2.45) is 0 Å². The van der Waals surface area contributed by atoms with Crippen molar-refractivity contribution < 1.29 is 4.79 Å². The molecule has 0 atom stereocenters. The minimum absolute atomic E-state index is 0.0323. The second-order valence-electron chi connectivity index (χ2n) is 4.15. The maximum atomic E-state index is 11.3. The summed E-state index contributed by atoms with van der Waals surface area (Å²) in [6.45, 7) is 1.54. The molecule has 0 amide bonds. The quantitative estimate of drug-likeness (QED) is 0.701. The van der Waals surface area contributed by atoms with Crippen LogP contribution in [0.5, 0.6) is 0 Å². The Bertz CT molecular complexity index is 760. The number of fused-ring (bicyclic) bond motifs is 1. The van der Waals surface area contributed by atoms with Gasteiger partial charge in [-0.15, -0.1) is 0 Å². The molecule has 94 valence electrons. The Kier molecular flexibility index (Phi) is 2.49. The first-order chi connectivity index (χ1) is 9.16. The minimum Gasteiger partial charge on any atom is -0.382 e. The first-order valence-corrected chi connectivity index (χ1v) is 5.71. The van der Waals surface area contributed by atoms with Crippen molar-refractivity contribution in [2.75, 3.05) is 5.73 Å². The summed E-state index contributed by atoms with van der Waals surface area (Å²) in [6, 6.07) is 7.21. The number of nitrogens with two attached hydrogens (primary N) is 1. The van der Waals surface area contributed by atoms with Gasteiger partial charge in [-0.3, -0.25) is 9.36 Å². The lowest BCUT2D eigenvalue weighted by Crippen LogP contribution is -1.99. The molecule has 0 radical (unpaired) electrons. The van der Waals surface area contributed by atoms with Crippen LogP contribution in [-0.4, -0.2) is 25.3 Å². The molecule has 3 aromatic rings. The summed E-state index contributed by atoms with van der Waals surface area (Å²) < 4.78 is 1.80. The number of carbonyl (C=O) groups excluding carboxylic acids is 1. The van der Waals surface area contributed by atoms with Crippen molar-refractivity contribution >= 4 is 22.8 Å². The Morgan fingerprint density at radius 1 is 1.16 bits per heavy atom. The van der Waals surface area contributed by atoms with E-state index in [1.165, 1.54) is 13.3 Å². The average Bonchev–Trinajstić information content (AvgIpc) is 2.84. The predicted octanol–water partition coefficient (Wildman–Crippen LogP) is 1.60. The molecule has 19 heavy (non-hydrogen) atoms. The zero-order valence-corrected chi connectivity index (χ0v) is 10.2. The van der Waals surface area contributed by atoms with Crippen LogP contribution in [0.2, 0.25) is 0 Å². The molecule has 2 aromatic heterocycles. The summed E-state index contributed by atoms with van der Waals surface area (Å²) in [7, 11) is 0. The van der Waals surface area contributed by atoms with Crippen molar-refractivity contribution in [1.82, 2.24) is 19.5 Å². The Morgan fingerprint density at radius 2 is 1.89 bits per heavy atom. The molecule has 6 heteroatoms. The number of ketones is 1. The summed E-state index contributed by atoms with van der Waals surface area (Å²) in [4.78, 5) is 23.4. The molecule has 0 bridgehead atoms. The van der Waals surface area contributed by atoms with E-state index in [-0.39, 0.29) is 5.78 Å². The van der Waals surface area contributed by atoms with Crippen LogP contribution in [0.3, 0.4) is 0 Å². The van der Waals surface area contributed by atoms with Crippen molar-refractivity contribution in [1.29, 1.82) is 0 Å². The smallest absolute Gasteiger partial charge is 0.183 e. The van der Waals surface area contributed by atoms with Crippen molar-refractivity contribution in [2.45, 2.75) is 6.92 Å². The van der Waals surface area contributed by atoms with Crippen LogP contribution >= 0.6 is 0 Å². The van der Waals surface area contributed by atoms with E-state index in [9.17, 15) is 4.79 Å². The highest BCUT2D eigenvalue weighted by molar-refractivity contribution is 5.94. The molecule has 1 aromatic carbocycles. The maximum Gasteiger partial charge on any atom is 0.183 e. The lowest BCUT2D eigenvalue weighted by atomic mass is 10.1. The SMILES string of the molecule is CC(=O)c1ccc(-n2cnc3ncnc(N)c32)cc1. The van der Waals surface area contributed by atoms with E-state index >= 15 is 0 Å². The molecule has 6 nitrogen and oxygen atoms in total. The number of benzene rings is 1. The number of anilines is 1. The standard InChI is InChI=1S/C13H11N5O/c1-8(19)9-2-4-10(5-3-9)18-7-17-13-11(18)12(14)15-6-16-13/h2-7H,1H3,(H2,14,15,16). The molecular weight excluding hydrogens is 242 g/mol. The molecule has 0 aliphatic heterocycles. The van der Waals surface area contributed by atoms with Crippen LogP contribution in [0.4, 0.5) is 5.82 Å². The van der Waals surface area contributed by atoms with Crippen molar-refractivity contribution in [3.8, 4) is 5.69 Å². The number of aromatic nitrogens is 4. The van der Waals surface area contributed by atoms with Gasteiger partial charge in [0, 0.05) is 11.3 Å². The predicted molar refractivity (Wildman–Crippen MR) is 71.1 cm³/mol. The number of carbonyl (C=O) groups is 1. The van der Waals surface area contributed by atoms with E-state index < -0.39 is 0 Å². The largest absolute Gasteiger partial charge is 0.382 e. The Balaban J connectivity index is 2.16. The fourth-order valence-electron chi connectivity index (χ4n) is 1.93. The number of hydrogen-bond donors (Lipinski definition) is 1. The molecule has 2 heterocycles. The fraction of sp³-hybridized carbons (Fsp3) is 0.0769.